The van der Waals surface area contributed by atoms with Crippen molar-refractivity contribution in [3.8, 4) is 5.75 Å². The molecule has 1 atom stereocenters. The minimum absolute atomic E-state index is 0.294. The maximum atomic E-state index is 9.68. The van der Waals surface area contributed by atoms with Gasteiger partial charge in [-0.05, 0) is 43.5 Å². The van der Waals surface area contributed by atoms with E-state index in [9.17, 15) is 10.2 Å². The first-order valence-electron chi connectivity index (χ1n) is 5.76. The van der Waals surface area contributed by atoms with Crippen LogP contribution in [0, 0.1) is 0 Å². The highest BCUT2D eigenvalue weighted by molar-refractivity contribution is 7.99. The molecule has 0 saturated heterocycles. The Morgan fingerprint density at radius 2 is 2.12 bits per heavy atom. The summed E-state index contributed by atoms with van der Waals surface area (Å²) >= 11 is 1.62. The molecule has 16 heavy (non-hydrogen) atoms. The van der Waals surface area contributed by atoms with E-state index in [1.54, 1.807) is 24.8 Å². The zero-order chi connectivity index (χ0) is 12.0. The van der Waals surface area contributed by atoms with E-state index in [1.807, 2.05) is 12.1 Å². The molecule has 0 radical (unpaired) electrons. The Balaban J connectivity index is 2.65. The van der Waals surface area contributed by atoms with Crippen LogP contribution in [0.1, 0.15) is 32.3 Å². The first-order valence-corrected chi connectivity index (χ1v) is 6.74. The molecule has 1 rings (SSSR count). The highest BCUT2D eigenvalue weighted by Gasteiger charge is 2.04. The van der Waals surface area contributed by atoms with Crippen LogP contribution in [0.4, 0.5) is 0 Å². The quantitative estimate of drug-likeness (QED) is 0.750. The lowest BCUT2D eigenvalue weighted by atomic mass is 10.1. The first-order chi connectivity index (χ1) is 7.63. The fourth-order valence-electron chi connectivity index (χ4n) is 1.44. The van der Waals surface area contributed by atoms with E-state index in [0.717, 1.165) is 29.7 Å². The molecule has 2 N–H and O–H groups in total. The van der Waals surface area contributed by atoms with Gasteiger partial charge in [-0.3, -0.25) is 0 Å². The topological polar surface area (TPSA) is 40.5 Å². The number of hydrogen-bond donors (Lipinski definition) is 2. The third-order valence-corrected chi connectivity index (χ3v) is 3.58. The van der Waals surface area contributed by atoms with Crippen molar-refractivity contribution >= 4 is 11.8 Å². The van der Waals surface area contributed by atoms with E-state index in [2.05, 4.69) is 6.92 Å². The number of phenolic OH excluding ortho intramolecular Hbond substituents is 1. The molecule has 0 aromatic heterocycles. The number of phenols is 1. The summed E-state index contributed by atoms with van der Waals surface area (Å²) in [7, 11) is 0. The summed E-state index contributed by atoms with van der Waals surface area (Å²) in [6, 6.07) is 5.67. The molecule has 0 aliphatic rings. The molecule has 0 heterocycles. The fraction of sp³-hybridized carbons (Fsp3) is 0.538. The molecule has 0 aliphatic carbocycles. The van der Waals surface area contributed by atoms with Gasteiger partial charge in [-0.1, -0.05) is 13.3 Å². The molecule has 3 heteroatoms. The van der Waals surface area contributed by atoms with Gasteiger partial charge in [0.15, 0.2) is 0 Å². The third-order valence-electron chi connectivity index (χ3n) is 2.34. The van der Waals surface area contributed by atoms with Gasteiger partial charge in [0.25, 0.3) is 0 Å². The van der Waals surface area contributed by atoms with Gasteiger partial charge in [-0.15, -0.1) is 11.8 Å². The monoisotopic (exact) mass is 240 g/mol. The summed E-state index contributed by atoms with van der Waals surface area (Å²) in [6.07, 6.45) is 2.85. The van der Waals surface area contributed by atoms with Crippen molar-refractivity contribution < 1.29 is 10.2 Å². The number of aryl methyl sites for hydroxylation is 1. The van der Waals surface area contributed by atoms with Crippen LogP contribution in [0.2, 0.25) is 0 Å². The number of benzene rings is 1. The standard InChI is InChI=1S/C13H20O2S/c1-3-4-5-11-8-12(6-7-13(11)15)16-9-10(2)14/h6-8,10,14-15H,3-5,9H2,1-2H3. The van der Waals surface area contributed by atoms with Crippen molar-refractivity contribution in [2.45, 2.75) is 44.1 Å². The van der Waals surface area contributed by atoms with E-state index in [-0.39, 0.29) is 6.10 Å². The molecule has 0 spiro atoms. The molecular weight excluding hydrogens is 220 g/mol. The van der Waals surface area contributed by atoms with E-state index < -0.39 is 0 Å². The Hall–Kier alpha value is -0.670. The zero-order valence-electron chi connectivity index (χ0n) is 9.94. The second-order valence-electron chi connectivity index (χ2n) is 4.05. The molecule has 0 bridgehead atoms. The number of rotatable bonds is 6. The van der Waals surface area contributed by atoms with Crippen LogP contribution in [0.5, 0.6) is 5.75 Å². The number of aromatic hydroxyl groups is 1. The SMILES string of the molecule is CCCCc1cc(SCC(C)O)ccc1O. The number of hydrogen-bond acceptors (Lipinski definition) is 3. The van der Waals surface area contributed by atoms with Crippen LogP contribution in [0.15, 0.2) is 23.1 Å². The molecule has 90 valence electrons. The number of aliphatic hydroxyl groups is 1. The Kier molecular flexibility index (Phi) is 5.71. The molecule has 1 aromatic rings. The lowest BCUT2D eigenvalue weighted by molar-refractivity contribution is 0.220. The van der Waals surface area contributed by atoms with Gasteiger partial charge < -0.3 is 10.2 Å². The molecular formula is C13H20O2S. The van der Waals surface area contributed by atoms with Crippen LogP contribution in [-0.2, 0) is 6.42 Å². The van der Waals surface area contributed by atoms with E-state index in [0.29, 0.717) is 11.5 Å². The van der Waals surface area contributed by atoms with Crippen molar-refractivity contribution in [1.29, 1.82) is 0 Å². The van der Waals surface area contributed by atoms with Crippen LogP contribution < -0.4 is 0 Å². The molecule has 0 saturated carbocycles. The van der Waals surface area contributed by atoms with Crippen molar-refractivity contribution in [3.63, 3.8) is 0 Å². The van der Waals surface area contributed by atoms with Crippen molar-refractivity contribution in [3.05, 3.63) is 23.8 Å². The summed E-state index contributed by atoms with van der Waals surface area (Å²) in [6.45, 7) is 3.93. The number of thioether (sulfide) groups is 1. The van der Waals surface area contributed by atoms with Gasteiger partial charge in [0.1, 0.15) is 5.75 Å². The Morgan fingerprint density at radius 1 is 1.38 bits per heavy atom. The van der Waals surface area contributed by atoms with Crippen LogP contribution in [0.25, 0.3) is 0 Å². The Labute approximate surface area is 102 Å². The second-order valence-corrected chi connectivity index (χ2v) is 5.15. The maximum Gasteiger partial charge on any atom is 0.118 e. The maximum absolute atomic E-state index is 9.68. The average molecular weight is 240 g/mol. The van der Waals surface area contributed by atoms with Gasteiger partial charge in [-0.25, -0.2) is 0 Å². The van der Waals surface area contributed by atoms with Gasteiger partial charge >= 0.3 is 0 Å². The predicted octanol–water partition coefficient (Wildman–Crippen LogP) is 3.21. The minimum Gasteiger partial charge on any atom is -0.508 e. The minimum atomic E-state index is -0.294. The normalized spacial score (nSPS) is 12.7. The van der Waals surface area contributed by atoms with Gasteiger partial charge in [-0.2, -0.15) is 0 Å². The molecule has 1 unspecified atom stereocenters. The summed E-state index contributed by atoms with van der Waals surface area (Å²) in [5.41, 5.74) is 1.01. The molecule has 0 amide bonds. The fourth-order valence-corrected chi connectivity index (χ4v) is 2.26. The predicted molar refractivity (Wildman–Crippen MR) is 69.1 cm³/mol. The first kappa shape index (κ1) is 13.4. The number of aliphatic hydroxyl groups excluding tert-OH is 1. The highest BCUT2D eigenvalue weighted by Crippen LogP contribution is 2.26. The van der Waals surface area contributed by atoms with E-state index in [1.165, 1.54) is 0 Å². The second kappa shape index (κ2) is 6.81. The summed E-state index contributed by atoms with van der Waals surface area (Å²) in [5, 5.41) is 18.9. The van der Waals surface area contributed by atoms with Crippen LogP contribution >= 0.6 is 11.8 Å². The van der Waals surface area contributed by atoms with Crippen LogP contribution in [-0.4, -0.2) is 22.1 Å². The number of unbranched alkanes of at least 4 members (excludes halogenated alkanes) is 1. The van der Waals surface area contributed by atoms with Crippen molar-refractivity contribution in [2.24, 2.45) is 0 Å². The van der Waals surface area contributed by atoms with Gasteiger partial charge in [0.05, 0.1) is 6.10 Å². The van der Waals surface area contributed by atoms with Crippen molar-refractivity contribution in [2.75, 3.05) is 5.75 Å². The van der Waals surface area contributed by atoms with Crippen molar-refractivity contribution in [1.82, 2.24) is 0 Å². The smallest absolute Gasteiger partial charge is 0.118 e. The molecule has 1 aromatic carbocycles. The summed E-state index contributed by atoms with van der Waals surface area (Å²) in [4.78, 5) is 1.12. The largest absolute Gasteiger partial charge is 0.508 e. The van der Waals surface area contributed by atoms with Gasteiger partial charge in [0.2, 0.25) is 0 Å². The molecule has 0 fully saturated rings. The lowest BCUT2D eigenvalue weighted by Gasteiger charge is -2.08. The third kappa shape index (κ3) is 4.45. The Morgan fingerprint density at radius 3 is 2.75 bits per heavy atom. The lowest BCUT2D eigenvalue weighted by Crippen LogP contribution is -2.02. The Bertz CT molecular complexity index is 324. The summed E-state index contributed by atoms with van der Waals surface area (Å²) < 4.78 is 0. The van der Waals surface area contributed by atoms with Crippen LogP contribution in [0.3, 0.4) is 0 Å². The molecule has 2 nitrogen and oxygen atoms in total. The van der Waals surface area contributed by atoms with Gasteiger partial charge in [0, 0.05) is 10.6 Å². The van der Waals surface area contributed by atoms with E-state index >= 15 is 0 Å². The zero-order valence-corrected chi connectivity index (χ0v) is 10.8. The summed E-state index contributed by atoms with van der Waals surface area (Å²) in [5.74, 6) is 1.08. The average Bonchev–Trinajstić information content (AvgIpc) is 2.26. The highest BCUT2D eigenvalue weighted by atomic mass is 32.2. The molecule has 0 aliphatic heterocycles. The van der Waals surface area contributed by atoms with E-state index in [4.69, 9.17) is 0 Å².